The molecule has 0 unspecified atom stereocenters. The van der Waals surface area contributed by atoms with Crippen LogP contribution in [0.1, 0.15) is 35.1 Å². The summed E-state index contributed by atoms with van der Waals surface area (Å²) in [5, 5.41) is 2.57. The Morgan fingerprint density at radius 3 is 2.04 bits per heavy atom. The third-order valence-electron chi connectivity index (χ3n) is 9.51. The summed E-state index contributed by atoms with van der Waals surface area (Å²) in [6, 6.07) is 46.9. The molecular formula is C46H37N. The maximum absolute atomic E-state index is 2.40. The van der Waals surface area contributed by atoms with E-state index in [1.54, 1.807) is 0 Å². The highest BCUT2D eigenvalue weighted by Crippen LogP contribution is 2.43. The Kier molecular flexibility index (Phi) is 7.73. The van der Waals surface area contributed by atoms with E-state index in [1.165, 1.54) is 60.9 Å². The van der Waals surface area contributed by atoms with Gasteiger partial charge in [0.2, 0.25) is 0 Å². The molecule has 0 N–H and O–H groups in total. The first-order valence-corrected chi connectivity index (χ1v) is 16.6. The van der Waals surface area contributed by atoms with Crippen molar-refractivity contribution in [1.29, 1.82) is 0 Å². The molecule has 6 aromatic rings. The summed E-state index contributed by atoms with van der Waals surface area (Å²) in [6.45, 7) is 2.24. The summed E-state index contributed by atoms with van der Waals surface area (Å²) in [4.78, 5) is 2.40. The first-order valence-electron chi connectivity index (χ1n) is 16.6. The van der Waals surface area contributed by atoms with Gasteiger partial charge in [0.25, 0.3) is 0 Å². The zero-order valence-electron chi connectivity index (χ0n) is 26.7. The molecule has 1 nitrogen and oxygen atoms in total. The summed E-state index contributed by atoms with van der Waals surface area (Å²) >= 11 is 0. The lowest BCUT2D eigenvalue weighted by atomic mass is 9.87. The zero-order valence-corrected chi connectivity index (χ0v) is 26.7. The van der Waals surface area contributed by atoms with Crippen molar-refractivity contribution < 1.29 is 0 Å². The number of allylic oxidation sites excluding steroid dienone is 7. The Balaban J connectivity index is 1.29. The van der Waals surface area contributed by atoms with Crippen molar-refractivity contribution in [2.24, 2.45) is 0 Å². The van der Waals surface area contributed by atoms with E-state index in [0.29, 0.717) is 0 Å². The fourth-order valence-electron chi connectivity index (χ4n) is 7.06. The highest BCUT2D eigenvalue weighted by molar-refractivity contribution is 6.03. The molecule has 47 heavy (non-hydrogen) atoms. The van der Waals surface area contributed by atoms with E-state index in [0.717, 1.165) is 36.3 Å². The van der Waals surface area contributed by atoms with E-state index in [2.05, 4.69) is 182 Å². The van der Waals surface area contributed by atoms with Crippen molar-refractivity contribution in [3.05, 3.63) is 186 Å². The molecule has 2 aliphatic rings. The van der Waals surface area contributed by atoms with Crippen molar-refractivity contribution in [2.45, 2.75) is 26.2 Å². The predicted molar refractivity (Wildman–Crippen MR) is 202 cm³/mol. The molecular weight excluding hydrogens is 567 g/mol. The van der Waals surface area contributed by atoms with Gasteiger partial charge in [-0.3, -0.25) is 0 Å². The molecule has 2 aliphatic carbocycles. The Labute approximate surface area is 278 Å². The lowest BCUT2D eigenvalue weighted by molar-refractivity contribution is 1.05. The topological polar surface area (TPSA) is 3.24 Å². The SMILES string of the molecule is Cc1ccc(N(c2ccc(C3=CC=CCC3)cc2)c2ccc(-c3ccccc3)cc2)cc1-c1c2c(cc3ccccc13)CC=CC=C2. The summed E-state index contributed by atoms with van der Waals surface area (Å²) in [5.74, 6) is 0. The average molecular weight is 604 g/mol. The standard InChI is InChI=1S/C46H37N/c1-33-21-26-42(32-45(33)46-43-19-10-4-9-17-38(43)31-39-18-11-12-20-44(39)46)47(40-27-22-36(23-28-40)34-13-5-2-6-14-34)41-29-24-37(25-30-41)35-15-7-3-8-16-35/h2-7,9-15,18-32H,8,16-17H2,1H3. The molecule has 0 saturated heterocycles. The van der Waals surface area contributed by atoms with Gasteiger partial charge in [0.05, 0.1) is 0 Å². The molecule has 0 amide bonds. The molecule has 0 radical (unpaired) electrons. The minimum atomic E-state index is 0.928. The average Bonchev–Trinajstić information content (AvgIpc) is 3.38. The van der Waals surface area contributed by atoms with Gasteiger partial charge in [-0.15, -0.1) is 0 Å². The molecule has 0 spiro atoms. The van der Waals surface area contributed by atoms with Crippen LogP contribution in [0, 0.1) is 6.92 Å². The number of aryl methyl sites for hydroxylation is 1. The van der Waals surface area contributed by atoms with Crippen molar-refractivity contribution in [3.63, 3.8) is 0 Å². The maximum atomic E-state index is 2.40. The number of benzene rings is 6. The number of hydrogen-bond acceptors (Lipinski definition) is 1. The van der Waals surface area contributed by atoms with Crippen LogP contribution in [0.5, 0.6) is 0 Å². The van der Waals surface area contributed by atoms with Crippen LogP contribution < -0.4 is 4.90 Å². The normalized spacial score (nSPS) is 13.7. The minimum Gasteiger partial charge on any atom is -0.310 e. The number of fused-ring (bicyclic) bond motifs is 2. The van der Waals surface area contributed by atoms with Gasteiger partial charge in [0.15, 0.2) is 0 Å². The van der Waals surface area contributed by atoms with Gasteiger partial charge in [-0.05, 0) is 123 Å². The molecule has 0 heterocycles. The van der Waals surface area contributed by atoms with E-state index >= 15 is 0 Å². The van der Waals surface area contributed by atoms with Gasteiger partial charge in [-0.1, -0.05) is 134 Å². The lowest BCUT2D eigenvalue weighted by Crippen LogP contribution is -2.10. The Morgan fingerprint density at radius 2 is 1.28 bits per heavy atom. The second-order valence-corrected chi connectivity index (χ2v) is 12.5. The van der Waals surface area contributed by atoms with Crippen LogP contribution in [0.3, 0.4) is 0 Å². The molecule has 0 saturated carbocycles. The number of anilines is 3. The van der Waals surface area contributed by atoms with Crippen LogP contribution in [0.15, 0.2) is 164 Å². The number of nitrogens with zero attached hydrogens (tertiary/aromatic N) is 1. The molecule has 226 valence electrons. The highest BCUT2D eigenvalue weighted by Gasteiger charge is 2.19. The van der Waals surface area contributed by atoms with Gasteiger partial charge in [-0.25, -0.2) is 0 Å². The number of rotatable bonds is 6. The van der Waals surface area contributed by atoms with E-state index in [-0.39, 0.29) is 0 Å². The van der Waals surface area contributed by atoms with Gasteiger partial charge < -0.3 is 4.90 Å². The molecule has 8 rings (SSSR count). The first kappa shape index (κ1) is 28.8. The van der Waals surface area contributed by atoms with Crippen LogP contribution in [-0.4, -0.2) is 0 Å². The van der Waals surface area contributed by atoms with E-state index in [4.69, 9.17) is 0 Å². The Hall–Kier alpha value is -5.66. The maximum Gasteiger partial charge on any atom is 0.0467 e. The summed E-state index contributed by atoms with van der Waals surface area (Å²) in [7, 11) is 0. The smallest absolute Gasteiger partial charge is 0.0467 e. The molecule has 0 atom stereocenters. The van der Waals surface area contributed by atoms with E-state index in [9.17, 15) is 0 Å². The highest BCUT2D eigenvalue weighted by atomic mass is 15.1. The number of hydrogen-bond donors (Lipinski definition) is 0. The van der Waals surface area contributed by atoms with Gasteiger partial charge >= 0.3 is 0 Å². The van der Waals surface area contributed by atoms with Crippen LogP contribution in [0.4, 0.5) is 17.1 Å². The fraction of sp³-hybridized carbons (Fsp3) is 0.0870. The van der Waals surface area contributed by atoms with Crippen LogP contribution in [0.2, 0.25) is 0 Å². The Bertz CT molecular complexity index is 2190. The molecule has 0 bridgehead atoms. The predicted octanol–water partition coefficient (Wildman–Crippen LogP) is 12.8. The van der Waals surface area contributed by atoms with Crippen LogP contribution in [-0.2, 0) is 6.42 Å². The third-order valence-corrected chi connectivity index (χ3v) is 9.51. The molecule has 0 aliphatic heterocycles. The second-order valence-electron chi connectivity index (χ2n) is 12.5. The summed E-state index contributed by atoms with van der Waals surface area (Å²) in [5.41, 5.74) is 15.1. The molecule has 0 aromatic heterocycles. The lowest BCUT2D eigenvalue weighted by Gasteiger charge is -2.27. The molecule has 6 aromatic carbocycles. The van der Waals surface area contributed by atoms with Gasteiger partial charge in [0.1, 0.15) is 0 Å². The van der Waals surface area contributed by atoms with E-state index < -0.39 is 0 Å². The monoisotopic (exact) mass is 603 g/mol. The van der Waals surface area contributed by atoms with E-state index in [1.807, 2.05) is 0 Å². The second kappa shape index (κ2) is 12.6. The van der Waals surface area contributed by atoms with Crippen molar-refractivity contribution >= 4 is 39.5 Å². The van der Waals surface area contributed by atoms with Gasteiger partial charge in [-0.2, -0.15) is 0 Å². The van der Waals surface area contributed by atoms with Gasteiger partial charge in [0, 0.05) is 17.1 Å². The first-order chi connectivity index (χ1) is 23.2. The minimum absolute atomic E-state index is 0.928. The molecule has 0 fully saturated rings. The zero-order chi connectivity index (χ0) is 31.6. The molecule has 1 heteroatoms. The third kappa shape index (κ3) is 5.66. The Morgan fingerprint density at radius 1 is 0.574 bits per heavy atom. The van der Waals surface area contributed by atoms with Crippen LogP contribution in [0.25, 0.3) is 44.7 Å². The fourth-order valence-corrected chi connectivity index (χ4v) is 7.06. The van der Waals surface area contributed by atoms with Crippen molar-refractivity contribution in [2.75, 3.05) is 4.90 Å². The summed E-state index contributed by atoms with van der Waals surface area (Å²) in [6.07, 6.45) is 18.7. The quantitative estimate of drug-likeness (QED) is 0.183. The largest absolute Gasteiger partial charge is 0.310 e. The summed E-state index contributed by atoms with van der Waals surface area (Å²) < 4.78 is 0. The van der Waals surface area contributed by atoms with Crippen molar-refractivity contribution in [3.8, 4) is 22.3 Å². The van der Waals surface area contributed by atoms with Crippen LogP contribution >= 0.6 is 0 Å². The van der Waals surface area contributed by atoms with Crippen molar-refractivity contribution in [1.82, 2.24) is 0 Å².